The van der Waals surface area contributed by atoms with E-state index in [1.807, 2.05) is 18.2 Å². The highest BCUT2D eigenvalue weighted by Crippen LogP contribution is 2.35. The minimum atomic E-state index is -0.328. The van der Waals surface area contributed by atoms with Crippen LogP contribution in [-0.2, 0) is 16.0 Å². The molecule has 26 heavy (non-hydrogen) atoms. The monoisotopic (exact) mass is 354 g/mol. The number of hydrogen-bond donors (Lipinski definition) is 1. The maximum absolute atomic E-state index is 12.2. The van der Waals surface area contributed by atoms with Crippen molar-refractivity contribution >= 4 is 12.0 Å². The van der Waals surface area contributed by atoms with E-state index < -0.39 is 0 Å². The second kappa shape index (κ2) is 6.63. The molecule has 0 unspecified atom stereocenters. The van der Waals surface area contributed by atoms with Crippen LogP contribution in [0.2, 0.25) is 0 Å². The fraction of sp³-hybridized carbons (Fsp3) is 0.250. The van der Waals surface area contributed by atoms with Crippen LogP contribution in [0.3, 0.4) is 0 Å². The fourth-order valence-electron chi connectivity index (χ4n) is 3.19. The summed E-state index contributed by atoms with van der Waals surface area (Å²) in [5.41, 5.74) is 2.35. The molecular weight excluding hydrogens is 336 g/mol. The lowest BCUT2D eigenvalue weighted by molar-refractivity contribution is -0.135. The second-order valence-electron chi connectivity index (χ2n) is 6.22. The lowest BCUT2D eigenvalue weighted by Gasteiger charge is -2.10. The van der Waals surface area contributed by atoms with Crippen molar-refractivity contribution in [3.8, 4) is 23.0 Å². The van der Waals surface area contributed by atoms with Crippen molar-refractivity contribution in [3.05, 3.63) is 53.1 Å². The van der Waals surface area contributed by atoms with Crippen LogP contribution >= 0.6 is 0 Å². The summed E-state index contributed by atoms with van der Waals surface area (Å²) in [6.07, 6.45) is 2.41. The van der Waals surface area contributed by atoms with E-state index in [2.05, 4.69) is 0 Å². The summed E-state index contributed by atoms with van der Waals surface area (Å²) in [5.74, 6) is 1.48. The lowest BCUT2D eigenvalue weighted by atomic mass is 9.92. The van der Waals surface area contributed by atoms with E-state index in [0.717, 1.165) is 17.1 Å². The number of esters is 1. The summed E-state index contributed by atoms with van der Waals surface area (Å²) >= 11 is 0. The first-order valence-corrected chi connectivity index (χ1v) is 8.28. The topological polar surface area (TPSA) is 74.2 Å². The number of ether oxygens (including phenoxy) is 4. The Kier molecular flexibility index (Phi) is 4.16. The van der Waals surface area contributed by atoms with E-state index in [0.29, 0.717) is 29.9 Å². The number of phenols is 1. The van der Waals surface area contributed by atoms with Gasteiger partial charge >= 0.3 is 5.97 Å². The van der Waals surface area contributed by atoms with Crippen molar-refractivity contribution in [3.63, 3.8) is 0 Å². The number of carbonyl (C=O) groups excluding carboxylic acids is 1. The Labute approximate surface area is 150 Å². The molecule has 134 valence electrons. The SMILES string of the molecule is COc1ccc(C=C2C(=O)OC[C@@H]2Cc2ccc3c(c2)OCO3)cc1O. The van der Waals surface area contributed by atoms with Crippen molar-refractivity contribution < 1.29 is 28.8 Å². The number of cyclic esters (lactones) is 1. The van der Waals surface area contributed by atoms with Crippen molar-refractivity contribution in [2.45, 2.75) is 6.42 Å². The van der Waals surface area contributed by atoms with Crippen LogP contribution < -0.4 is 14.2 Å². The van der Waals surface area contributed by atoms with Crippen LogP contribution in [-0.4, -0.2) is 31.6 Å². The van der Waals surface area contributed by atoms with Crippen molar-refractivity contribution in [2.75, 3.05) is 20.5 Å². The molecular formula is C20H18O6. The molecule has 0 aliphatic carbocycles. The third kappa shape index (κ3) is 3.06. The fourth-order valence-corrected chi connectivity index (χ4v) is 3.19. The van der Waals surface area contributed by atoms with Crippen LogP contribution in [0.15, 0.2) is 42.0 Å². The van der Waals surface area contributed by atoms with E-state index in [4.69, 9.17) is 18.9 Å². The molecule has 4 rings (SSSR count). The van der Waals surface area contributed by atoms with E-state index >= 15 is 0 Å². The van der Waals surface area contributed by atoms with Gasteiger partial charge in [0.1, 0.15) is 0 Å². The van der Waals surface area contributed by atoms with Crippen LogP contribution in [0.4, 0.5) is 0 Å². The number of fused-ring (bicyclic) bond motifs is 1. The van der Waals surface area contributed by atoms with E-state index in [1.54, 1.807) is 24.3 Å². The van der Waals surface area contributed by atoms with Gasteiger partial charge in [0.25, 0.3) is 0 Å². The Morgan fingerprint density at radius 1 is 1.15 bits per heavy atom. The molecule has 0 aromatic heterocycles. The lowest BCUT2D eigenvalue weighted by Crippen LogP contribution is -2.07. The van der Waals surface area contributed by atoms with Gasteiger partial charge < -0.3 is 24.1 Å². The van der Waals surface area contributed by atoms with Crippen LogP contribution in [0.5, 0.6) is 23.0 Å². The minimum absolute atomic E-state index is 0.0283. The predicted octanol–water partition coefficient (Wildman–Crippen LogP) is 2.93. The van der Waals surface area contributed by atoms with Crippen molar-refractivity contribution in [1.82, 2.24) is 0 Å². The standard InChI is InChI=1S/C20H18O6/c1-23-17-4-2-13(8-16(17)21)7-15-14(10-24-20(15)22)6-12-3-5-18-19(9-12)26-11-25-18/h2-5,7-9,14,21H,6,10-11H2,1H3/t14-/m0/s1. The van der Waals surface area contributed by atoms with Gasteiger partial charge in [-0.15, -0.1) is 0 Å². The summed E-state index contributed by atoms with van der Waals surface area (Å²) in [4.78, 5) is 12.2. The van der Waals surface area contributed by atoms with Gasteiger partial charge in [0.2, 0.25) is 6.79 Å². The third-order valence-corrected chi connectivity index (χ3v) is 4.54. The van der Waals surface area contributed by atoms with Crippen molar-refractivity contribution in [1.29, 1.82) is 0 Å². The maximum atomic E-state index is 12.2. The maximum Gasteiger partial charge on any atom is 0.334 e. The third-order valence-electron chi connectivity index (χ3n) is 4.54. The molecule has 1 fully saturated rings. The Bertz CT molecular complexity index is 886. The first-order valence-electron chi connectivity index (χ1n) is 8.28. The summed E-state index contributed by atoms with van der Waals surface area (Å²) in [6.45, 7) is 0.567. The van der Waals surface area contributed by atoms with Gasteiger partial charge in [0.05, 0.1) is 13.7 Å². The molecule has 1 atom stereocenters. The highest BCUT2D eigenvalue weighted by atomic mass is 16.7. The number of aromatic hydroxyl groups is 1. The predicted molar refractivity (Wildman–Crippen MR) is 93.4 cm³/mol. The molecule has 6 nitrogen and oxygen atoms in total. The normalized spacial score (nSPS) is 19.7. The van der Waals surface area contributed by atoms with Gasteiger partial charge in [-0.1, -0.05) is 12.1 Å². The molecule has 2 aliphatic rings. The van der Waals surface area contributed by atoms with E-state index in [-0.39, 0.29) is 24.4 Å². The molecule has 1 saturated heterocycles. The number of hydrogen-bond acceptors (Lipinski definition) is 6. The number of carbonyl (C=O) groups is 1. The zero-order chi connectivity index (χ0) is 18.1. The number of benzene rings is 2. The molecule has 2 aromatic carbocycles. The van der Waals surface area contributed by atoms with Crippen LogP contribution in [0, 0.1) is 5.92 Å². The molecule has 2 heterocycles. The van der Waals surface area contributed by atoms with Gasteiger partial charge in [-0.25, -0.2) is 4.79 Å². The summed E-state index contributed by atoms with van der Waals surface area (Å²) in [7, 11) is 1.49. The molecule has 0 bridgehead atoms. The van der Waals surface area contributed by atoms with Crippen molar-refractivity contribution in [2.24, 2.45) is 5.92 Å². The average molecular weight is 354 g/mol. The first-order chi connectivity index (χ1) is 12.6. The van der Waals surface area contributed by atoms with Gasteiger partial charge in [0, 0.05) is 11.5 Å². The zero-order valence-corrected chi connectivity index (χ0v) is 14.2. The molecule has 0 radical (unpaired) electrons. The summed E-state index contributed by atoms with van der Waals surface area (Å²) in [5, 5.41) is 9.93. The van der Waals surface area contributed by atoms with Gasteiger partial charge in [-0.2, -0.15) is 0 Å². The molecule has 2 aliphatic heterocycles. The molecule has 0 spiro atoms. The molecule has 0 amide bonds. The first kappa shape index (κ1) is 16.3. The minimum Gasteiger partial charge on any atom is -0.504 e. The molecule has 6 heteroatoms. The second-order valence-corrected chi connectivity index (χ2v) is 6.22. The van der Waals surface area contributed by atoms with Crippen LogP contribution in [0.1, 0.15) is 11.1 Å². The Morgan fingerprint density at radius 3 is 2.81 bits per heavy atom. The largest absolute Gasteiger partial charge is 0.504 e. The highest BCUT2D eigenvalue weighted by molar-refractivity contribution is 5.96. The average Bonchev–Trinajstić information content (AvgIpc) is 3.23. The van der Waals surface area contributed by atoms with E-state index in [1.165, 1.54) is 7.11 Å². The number of methoxy groups -OCH3 is 1. The molecule has 1 N–H and O–H groups in total. The smallest absolute Gasteiger partial charge is 0.334 e. The Hall–Kier alpha value is -3.15. The molecule has 2 aromatic rings. The summed E-state index contributed by atoms with van der Waals surface area (Å²) < 4.78 is 21.0. The Balaban J connectivity index is 1.58. The Morgan fingerprint density at radius 2 is 2.00 bits per heavy atom. The van der Waals surface area contributed by atoms with Gasteiger partial charge in [-0.3, -0.25) is 0 Å². The highest BCUT2D eigenvalue weighted by Gasteiger charge is 2.31. The molecule has 0 saturated carbocycles. The van der Waals surface area contributed by atoms with Gasteiger partial charge in [-0.05, 0) is 47.9 Å². The zero-order valence-electron chi connectivity index (χ0n) is 14.2. The quantitative estimate of drug-likeness (QED) is 0.672. The number of rotatable bonds is 4. The summed E-state index contributed by atoms with van der Waals surface area (Å²) in [6, 6.07) is 10.8. The van der Waals surface area contributed by atoms with Gasteiger partial charge in [0.15, 0.2) is 23.0 Å². The number of phenolic OH excluding ortho intramolecular Hbond substituents is 1. The van der Waals surface area contributed by atoms with E-state index in [9.17, 15) is 9.90 Å². The van der Waals surface area contributed by atoms with Crippen LogP contribution in [0.25, 0.3) is 6.08 Å².